The Labute approximate surface area is 126 Å². The Bertz CT molecular complexity index is 754. The lowest BCUT2D eigenvalue weighted by Crippen LogP contribution is -1.85. The molecule has 4 nitrogen and oxygen atoms in total. The first-order valence-corrected chi connectivity index (χ1v) is 6.62. The van der Waals surface area contributed by atoms with Gasteiger partial charge in [0.2, 0.25) is 5.82 Å². The van der Waals surface area contributed by atoms with Gasteiger partial charge in [-0.25, -0.2) is 8.78 Å². The standard InChI is InChI=1S/C14H7BrF2N2O2/c15-11-5-7(16)1-3-9(11)13-18-14(21-19-13)10-4-2-8(17)6-12(10)20/h1-6,20H. The van der Waals surface area contributed by atoms with E-state index < -0.39 is 11.6 Å². The molecule has 1 N–H and O–H groups in total. The van der Waals surface area contributed by atoms with Crippen molar-refractivity contribution in [3.8, 4) is 28.6 Å². The van der Waals surface area contributed by atoms with Crippen LogP contribution in [0.5, 0.6) is 5.75 Å². The van der Waals surface area contributed by atoms with E-state index >= 15 is 0 Å². The van der Waals surface area contributed by atoms with Crippen LogP contribution in [0.1, 0.15) is 0 Å². The van der Waals surface area contributed by atoms with E-state index in [0.29, 0.717) is 10.0 Å². The predicted molar refractivity (Wildman–Crippen MR) is 74.5 cm³/mol. The number of hydrogen-bond donors (Lipinski definition) is 1. The maximum Gasteiger partial charge on any atom is 0.262 e. The summed E-state index contributed by atoms with van der Waals surface area (Å²) >= 11 is 3.21. The molecule has 0 spiro atoms. The Morgan fingerprint density at radius 2 is 1.67 bits per heavy atom. The van der Waals surface area contributed by atoms with Crippen LogP contribution in [0.25, 0.3) is 22.8 Å². The summed E-state index contributed by atoms with van der Waals surface area (Å²) in [4.78, 5) is 4.12. The van der Waals surface area contributed by atoms with Crippen LogP contribution in [0.2, 0.25) is 0 Å². The fourth-order valence-corrected chi connectivity index (χ4v) is 2.33. The van der Waals surface area contributed by atoms with E-state index in [1.54, 1.807) is 0 Å². The van der Waals surface area contributed by atoms with Crippen LogP contribution in [0, 0.1) is 11.6 Å². The minimum Gasteiger partial charge on any atom is -0.507 e. The molecule has 21 heavy (non-hydrogen) atoms. The van der Waals surface area contributed by atoms with Gasteiger partial charge >= 0.3 is 0 Å². The second kappa shape index (κ2) is 5.25. The highest BCUT2D eigenvalue weighted by atomic mass is 79.9. The molecular weight excluding hydrogens is 346 g/mol. The Kier molecular flexibility index (Phi) is 3.42. The lowest BCUT2D eigenvalue weighted by Gasteiger charge is -1.99. The van der Waals surface area contributed by atoms with Crippen molar-refractivity contribution < 1.29 is 18.4 Å². The van der Waals surface area contributed by atoms with Gasteiger partial charge in [-0.1, -0.05) is 5.16 Å². The molecule has 0 fully saturated rings. The van der Waals surface area contributed by atoms with Crippen LogP contribution < -0.4 is 0 Å². The number of halogens is 3. The van der Waals surface area contributed by atoms with Crippen LogP contribution in [-0.2, 0) is 0 Å². The molecule has 0 saturated heterocycles. The lowest BCUT2D eigenvalue weighted by atomic mass is 10.2. The average molecular weight is 353 g/mol. The highest BCUT2D eigenvalue weighted by Gasteiger charge is 2.16. The summed E-state index contributed by atoms with van der Waals surface area (Å²) in [5, 5.41) is 13.5. The number of phenols is 1. The third kappa shape index (κ3) is 2.64. The molecule has 3 aromatic rings. The number of benzene rings is 2. The molecular formula is C14H7BrF2N2O2. The minimum atomic E-state index is -0.572. The second-order valence-electron chi connectivity index (χ2n) is 4.21. The molecule has 0 saturated carbocycles. The molecule has 0 bridgehead atoms. The lowest BCUT2D eigenvalue weighted by molar-refractivity contribution is 0.425. The maximum atomic E-state index is 13.1. The van der Waals surface area contributed by atoms with Crippen LogP contribution >= 0.6 is 15.9 Å². The summed E-state index contributed by atoms with van der Waals surface area (Å²) in [6.45, 7) is 0. The molecule has 1 aromatic heterocycles. The highest BCUT2D eigenvalue weighted by molar-refractivity contribution is 9.10. The van der Waals surface area contributed by atoms with Crippen LogP contribution in [0.15, 0.2) is 45.4 Å². The molecule has 3 rings (SSSR count). The first-order chi connectivity index (χ1) is 10.0. The average Bonchev–Trinajstić information content (AvgIpc) is 2.87. The van der Waals surface area contributed by atoms with E-state index in [9.17, 15) is 13.9 Å². The van der Waals surface area contributed by atoms with Gasteiger partial charge in [0.25, 0.3) is 5.89 Å². The molecule has 0 amide bonds. The molecule has 0 atom stereocenters. The molecule has 2 aromatic carbocycles. The molecule has 0 unspecified atom stereocenters. The summed E-state index contributed by atoms with van der Waals surface area (Å²) in [5.74, 6) is -1.01. The third-order valence-corrected chi connectivity index (χ3v) is 3.44. The summed E-state index contributed by atoms with van der Waals surface area (Å²) < 4.78 is 31.5. The predicted octanol–water partition coefficient (Wildman–Crippen LogP) is 4.15. The molecule has 106 valence electrons. The summed E-state index contributed by atoms with van der Waals surface area (Å²) in [6.07, 6.45) is 0. The smallest absolute Gasteiger partial charge is 0.262 e. The molecule has 0 aliphatic carbocycles. The maximum absolute atomic E-state index is 13.1. The number of aromatic hydroxyl groups is 1. The Morgan fingerprint density at radius 1 is 1.00 bits per heavy atom. The fourth-order valence-electron chi connectivity index (χ4n) is 1.80. The number of aromatic nitrogens is 2. The monoisotopic (exact) mass is 352 g/mol. The fraction of sp³-hybridized carbons (Fsp3) is 0. The number of nitrogens with zero attached hydrogens (tertiary/aromatic N) is 2. The van der Waals surface area contributed by atoms with Crippen molar-refractivity contribution >= 4 is 15.9 Å². The van der Waals surface area contributed by atoms with E-state index in [1.807, 2.05) is 0 Å². The number of phenolic OH excluding ortho intramolecular Hbond substituents is 1. The van der Waals surface area contributed by atoms with E-state index in [-0.39, 0.29) is 23.0 Å². The van der Waals surface area contributed by atoms with E-state index in [4.69, 9.17) is 4.52 Å². The van der Waals surface area contributed by atoms with Crippen molar-refractivity contribution in [2.75, 3.05) is 0 Å². The zero-order valence-corrected chi connectivity index (χ0v) is 11.9. The van der Waals surface area contributed by atoms with Gasteiger partial charge in [0.15, 0.2) is 0 Å². The topological polar surface area (TPSA) is 59.2 Å². The van der Waals surface area contributed by atoms with Crippen LogP contribution in [0.4, 0.5) is 8.78 Å². The first kappa shape index (κ1) is 13.7. The molecule has 1 heterocycles. The summed E-state index contributed by atoms with van der Waals surface area (Å²) in [7, 11) is 0. The van der Waals surface area contributed by atoms with Gasteiger partial charge < -0.3 is 9.63 Å². The van der Waals surface area contributed by atoms with Crippen LogP contribution in [-0.4, -0.2) is 15.2 Å². The van der Waals surface area contributed by atoms with Crippen molar-refractivity contribution in [1.29, 1.82) is 0 Å². The zero-order valence-electron chi connectivity index (χ0n) is 10.3. The van der Waals surface area contributed by atoms with Crippen molar-refractivity contribution in [2.45, 2.75) is 0 Å². The minimum absolute atomic E-state index is 0.0405. The number of rotatable bonds is 2. The van der Waals surface area contributed by atoms with Gasteiger partial charge in [0.05, 0.1) is 5.56 Å². The Hall–Kier alpha value is -2.28. The van der Waals surface area contributed by atoms with Crippen LogP contribution in [0.3, 0.4) is 0 Å². The zero-order chi connectivity index (χ0) is 15.0. The Morgan fingerprint density at radius 3 is 2.33 bits per heavy atom. The van der Waals surface area contributed by atoms with E-state index in [1.165, 1.54) is 30.3 Å². The van der Waals surface area contributed by atoms with Gasteiger partial charge in [0, 0.05) is 16.1 Å². The molecule has 7 heteroatoms. The van der Waals surface area contributed by atoms with Gasteiger partial charge in [0.1, 0.15) is 17.4 Å². The van der Waals surface area contributed by atoms with E-state index in [2.05, 4.69) is 26.1 Å². The van der Waals surface area contributed by atoms with Gasteiger partial charge in [-0.2, -0.15) is 4.98 Å². The van der Waals surface area contributed by atoms with Gasteiger partial charge in [-0.15, -0.1) is 0 Å². The second-order valence-corrected chi connectivity index (χ2v) is 5.06. The van der Waals surface area contributed by atoms with Gasteiger partial charge in [-0.05, 0) is 46.3 Å². The largest absolute Gasteiger partial charge is 0.507 e. The molecule has 0 aliphatic heterocycles. The van der Waals surface area contributed by atoms with E-state index in [0.717, 1.165) is 6.07 Å². The Balaban J connectivity index is 2.03. The van der Waals surface area contributed by atoms with Gasteiger partial charge in [-0.3, -0.25) is 0 Å². The van der Waals surface area contributed by atoms with Crippen molar-refractivity contribution in [3.05, 3.63) is 52.5 Å². The number of hydrogen-bond acceptors (Lipinski definition) is 4. The SMILES string of the molecule is Oc1cc(F)ccc1-c1nc(-c2ccc(F)cc2Br)no1. The van der Waals surface area contributed by atoms with Crippen molar-refractivity contribution in [3.63, 3.8) is 0 Å². The van der Waals surface area contributed by atoms with Crippen molar-refractivity contribution in [1.82, 2.24) is 10.1 Å². The highest BCUT2D eigenvalue weighted by Crippen LogP contribution is 2.32. The van der Waals surface area contributed by atoms with Crippen molar-refractivity contribution in [2.24, 2.45) is 0 Å². The first-order valence-electron chi connectivity index (χ1n) is 5.82. The normalized spacial score (nSPS) is 10.8. The summed E-state index contributed by atoms with van der Waals surface area (Å²) in [5.41, 5.74) is 0.751. The quantitative estimate of drug-likeness (QED) is 0.752. The third-order valence-electron chi connectivity index (χ3n) is 2.79. The summed E-state index contributed by atoms with van der Waals surface area (Å²) in [6, 6.07) is 7.51. The molecule has 0 radical (unpaired) electrons. The molecule has 0 aliphatic rings.